The molecule has 0 saturated heterocycles. The first-order valence-electron chi connectivity index (χ1n) is 49.2. The van der Waals surface area contributed by atoms with Crippen LogP contribution in [0.3, 0.4) is 0 Å². The van der Waals surface area contributed by atoms with E-state index in [4.69, 9.17) is 17.1 Å². The van der Waals surface area contributed by atoms with Gasteiger partial charge in [-0.05, 0) is 181 Å². The van der Waals surface area contributed by atoms with Crippen LogP contribution in [0.5, 0.6) is 0 Å². The van der Waals surface area contributed by atoms with E-state index >= 15 is 0 Å². The zero-order valence-electron chi connectivity index (χ0n) is 87.2. The fourth-order valence-corrected chi connectivity index (χ4v) is 14.4. The summed E-state index contributed by atoms with van der Waals surface area (Å²) in [4.78, 5) is 2.41. The minimum atomic E-state index is -2.13. The minimum Gasteiger partial charge on any atom is -0.454 e. The van der Waals surface area contributed by atoms with Crippen molar-refractivity contribution in [3.8, 4) is 55.9 Å². The van der Waals surface area contributed by atoms with Gasteiger partial charge in [-0.25, -0.2) is 0 Å². The summed E-state index contributed by atoms with van der Waals surface area (Å²) in [6.07, 6.45) is 0. The van der Waals surface area contributed by atoms with Crippen LogP contribution in [0.15, 0.2) is 336 Å². The lowest BCUT2D eigenvalue weighted by molar-refractivity contribution is 0.590. The van der Waals surface area contributed by atoms with E-state index < -0.39 is 350 Å². The van der Waals surface area contributed by atoms with Gasteiger partial charge in [-0.15, -0.1) is 0 Å². The molecule has 19 aromatic rings. The lowest BCUT2D eigenvalue weighted by Crippen LogP contribution is -2.61. The van der Waals surface area contributed by atoms with Crippen LogP contribution in [0, 0.1) is 0 Å². The fourth-order valence-electron chi connectivity index (χ4n) is 14.4. The third-order valence-corrected chi connectivity index (χ3v) is 19.0. The largest absolute Gasteiger partial charge is 0.454 e. The van der Waals surface area contributed by atoms with Gasteiger partial charge in [-0.1, -0.05) is 239 Å². The van der Waals surface area contributed by atoms with Gasteiger partial charge in [0.2, 0.25) is 0 Å². The topological polar surface area (TPSA) is 42.6 Å². The molecule has 2 aliphatic rings. The molecule has 0 N–H and O–H groups in total. The van der Waals surface area contributed by atoms with Crippen molar-refractivity contribution in [3.05, 3.63) is 332 Å². The van der Waals surface area contributed by atoms with Gasteiger partial charge in [-0.2, -0.15) is 0 Å². The fraction of sp³-hybridized carbons (Fsp3) is 0.0426. The van der Waals surface area contributed by atoms with Crippen molar-refractivity contribution in [1.29, 1.82) is 0 Å². The highest BCUT2D eigenvalue weighted by molar-refractivity contribution is 7.00. The zero-order valence-corrected chi connectivity index (χ0v) is 53.2. The van der Waals surface area contributed by atoms with Gasteiger partial charge < -0.3 is 27.8 Å². The highest BCUT2D eigenvalue weighted by Crippen LogP contribution is 2.53. The van der Waals surface area contributed by atoms with Crippen LogP contribution in [0.2, 0.25) is 0 Å². The van der Waals surface area contributed by atoms with Crippen LogP contribution in [0.1, 0.15) is 72.9 Å². The van der Waals surface area contributed by atoms with Crippen molar-refractivity contribution >= 4 is 145 Å². The van der Waals surface area contributed by atoms with Crippen molar-refractivity contribution in [2.24, 2.45) is 0 Å². The van der Waals surface area contributed by atoms with Crippen LogP contribution in [-0.2, 0) is 5.41 Å². The summed E-state index contributed by atoms with van der Waals surface area (Å²) in [6, 6.07) is 4.46. The number of para-hydroxylation sites is 6. The molecule has 0 bridgehead atoms. The molecule has 0 spiro atoms. The van der Waals surface area contributed by atoms with E-state index in [0.29, 0.717) is 22.3 Å². The molecular weight excluding hydrogens is 1230 g/mol. The summed E-state index contributed by atoms with van der Waals surface area (Å²) < 4.78 is 355. The monoisotopic (exact) mass is 1320 g/mol. The van der Waals surface area contributed by atoms with Crippen molar-refractivity contribution in [1.82, 2.24) is 9.13 Å². The second-order valence-corrected chi connectivity index (χ2v) is 25.7. The van der Waals surface area contributed by atoms with Crippen LogP contribution in [0.4, 0.5) is 34.1 Å². The maximum Gasteiger partial charge on any atom is 0.252 e. The van der Waals surface area contributed by atoms with Gasteiger partial charge in [-0.3, -0.25) is 0 Å². The number of nitrogens with zero attached hydrogens (tertiary/aromatic N) is 4. The molecule has 7 heteroatoms. The molecule has 4 aromatic heterocycles. The van der Waals surface area contributed by atoms with Crippen molar-refractivity contribution in [2.75, 3.05) is 9.80 Å². The SMILES string of the molecule is [2H]c1c([2H])c(-n2c3c([2H])c([2H])c([2H])c([2H])c3c3c([2H])c([2H])c([2H])c([2H])c32)c([2H])c2c1B1c3c(cc(C(C)(C)C)cc3N(c3c([2H])c(-c4cccc(-c5ccccc5)c4)c([2H])c4c3oc3c([2H])c([2H])c([2H])c([2H])c34)c3c([2H])c(-n4c5c([2H])c([2H])c([2H])c([2H])c5c5c([2H])c([2H])c([2H])c([2H])c54)c([2H])c([2H])c31)N2c1c([2H])c(-c2cccc(-c3ccccc3)c2)c([2H])c2c1oc1c([2H])c([2H])c([2H])c([2H])c12. The smallest absolute Gasteiger partial charge is 0.252 e. The molecule has 474 valence electrons. The normalized spacial score (nSPS) is 17.6. The Kier molecular flexibility index (Phi) is 7.16. The summed E-state index contributed by atoms with van der Waals surface area (Å²) in [5, 5.41) is -3.83. The van der Waals surface area contributed by atoms with E-state index in [2.05, 4.69) is 0 Å². The molecular formula is C94H63BN4O2. The molecule has 0 atom stereocenters. The quantitative estimate of drug-likeness (QED) is 0.142. The van der Waals surface area contributed by atoms with Gasteiger partial charge in [0.1, 0.15) is 11.2 Å². The van der Waals surface area contributed by atoms with Crippen molar-refractivity contribution in [2.45, 2.75) is 26.2 Å². The number of benzene rings is 15. The number of hydrogen-bond donors (Lipinski definition) is 0. The highest BCUT2D eigenvalue weighted by atomic mass is 16.3. The summed E-state index contributed by atoms with van der Waals surface area (Å²) in [5.41, 5.74) is -10.7. The predicted molar refractivity (Wildman–Crippen MR) is 424 cm³/mol. The van der Waals surface area contributed by atoms with Crippen LogP contribution >= 0.6 is 0 Å². The average Bonchev–Trinajstić information content (AvgIpc) is 1.62. The maximum absolute atomic E-state index is 11.6. The number of furan rings is 2. The third-order valence-electron chi connectivity index (χ3n) is 19.0. The predicted octanol–water partition coefficient (Wildman–Crippen LogP) is 23.7. The van der Waals surface area contributed by atoms with E-state index in [1.165, 1.54) is 9.80 Å². The number of fused-ring (bicyclic) bond motifs is 16. The molecule has 101 heavy (non-hydrogen) atoms. The molecule has 21 rings (SSSR count). The number of hydrogen-bond acceptors (Lipinski definition) is 4. The van der Waals surface area contributed by atoms with Crippen LogP contribution in [0.25, 0.3) is 143 Å². The second kappa shape index (κ2) is 21.8. The van der Waals surface area contributed by atoms with Crippen LogP contribution in [-0.4, -0.2) is 15.8 Å². The van der Waals surface area contributed by atoms with Gasteiger partial charge >= 0.3 is 0 Å². The number of rotatable bonds is 8. The van der Waals surface area contributed by atoms with E-state index in [-0.39, 0.29) is 44.7 Å². The molecule has 0 amide bonds. The Labute approximate surface area is 631 Å². The van der Waals surface area contributed by atoms with E-state index in [0.717, 1.165) is 9.13 Å². The Morgan fingerprint density at radius 1 is 0.307 bits per heavy atom. The maximum atomic E-state index is 11.6. The first kappa shape index (κ1) is 33.1. The number of aromatic nitrogens is 2. The molecule has 0 radical (unpaired) electrons. The minimum absolute atomic E-state index is 0.103. The van der Waals surface area contributed by atoms with E-state index in [9.17, 15) is 38.4 Å². The van der Waals surface area contributed by atoms with Gasteiger partial charge in [0.25, 0.3) is 6.71 Å². The molecule has 15 aromatic carbocycles. The Morgan fingerprint density at radius 2 is 0.663 bits per heavy atom. The zero-order chi connectivity index (χ0) is 96.4. The summed E-state index contributed by atoms with van der Waals surface area (Å²) >= 11 is 0. The van der Waals surface area contributed by atoms with E-state index in [1.54, 1.807) is 142 Å². The molecule has 2 aliphatic heterocycles. The third kappa shape index (κ3) is 8.73. The molecule has 6 nitrogen and oxygen atoms in total. The Morgan fingerprint density at radius 3 is 1.06 bits per heavy atom. The molecule has 0 unspecified atom stereocenters. The highest BCUT2D eigenvalue weighted by Gasteiger charge is 2.46. The van der Waals surface area contributed by atoms with E-state index in [1.807, 2.05) is 0 Å². The molecule has 0 aliphatic carbocycles. The summed E-state index contributed by atoms with van der Waals surface area (Å²) in [5.74, 6) is 0. The van der Waals surface area contributed by atoms with Crippen LogP contribution < -0.4 is 26.2 Å². The Bertz CT molecular complexity index is 8160. The van der Waals surface area contributed by atoms with Crippen molar-refractivity contribution in [3.63, 3.8) is 0 Å². The summed E-state index contributed by atoms with van der Waals surface area (Å²) in [6.45, 7) is 3.10. The molecule has 0 saturated carbocycles. The van der Waals surface area contributed by atoms with Gasteiger partial charge in [0, 0.05) is 77.2 Å². The molecule has 6 heterocycles. The molecule has 0 fully saturated rings. The average molecular weight is 1330 g/mol. The Balaban J connectivity index is 1.04. The number of anilines is 6. The van der Waals surface area contributed by atoms with Gasteiger partial charge in [0.05, 0.1) is 80.0 Å². The first-order valence-corrected chi connectivity index (χ1v) is 32.2. The Hall–Kier alpha value is -12.8. The second-order valence-electron chi connectivity index (χ2n) is 25.7. The standard InChI is InChI=1S/C94H63BN4O2/c1-94(2,3)66-54-85-91-86(55-66)99(88-53-65(51-76-74-37-15-21-43-90(74)101-93(76)88)63-31-23-29-61(49-63)59-26-8-5-9-27-59)84-57-68(97-81-40-18-12-34-71(81)72-35-13-19-41-82(72)97)45-47-78(84)95(91)77-46-44-67(96-79-38-16-10-32-69(79)70-33-11-17-39-80(70)96)56-83(77)98(85)87-52-64(50-75-73-36-14-20-42-89(73)100-92(75)87)62-30-22-28-60(48-62)58-24-6-4-7-25-58/h4-57H,1-3H3/i10D,11D,12D,13D,14D,15D,16D,17D,18D,19D,20D,21D,32D,33D,34D,35D,36D,37D,38D,39D,40D,41D,42D,43D,44D,45D,46D,47D,50D,51D,52D,53D,56D,57D. The summed E-state index contributed by atoms with van der Waals surface area (Å²) in [7, 11) is 0. The lowest BCUT2D eigenvalue weighted by Gasteiger charge is -2.45. The lowest BCUT2D eigenvalue weighted by atomic mass is 9.33. The van der Waals surface area contributed by atoms with Gasteiger partial charge in [0.15, 0.2) is 11.2 Å². The van der Waals surface area contributed by atoms with Crippen molar-refractivity contribution < 1.29 is 55.4 Å². The first-order chi connectivity index (χ1) is 63.9.